The maximum Gasteiger partial charge on any atom is 0.321 e. The predicted molar refractivity (Wildman–Crippen MR) is 119 cm³/mol. The molecule has 8 heteroatoms. The van der Waals surface area contributed by atoms with Crippen molar-refractivity contribution in [2.45, 2.75) is 45.2 Å². The molecule has 30 heavy (non-hydrogen) atoms. The minimum absolute atomic E-state index is 0.178. The summed E-state index contributed by atoms with van der Waals surface area (Å²) in [6.45, 7) is 6.72. The number of hydrogen-bond acceptors (Lipinski definition) is 6. The summed E-state index contributed by atoms with van der Waals surface area (Å²) in [5.41, 5.74) is 1.06. The standard InChI is InChI=1S/C22H31N5O2S/c1-16-6-2-3-7-17(16)24-22(29)25-20(28)14-26-10-12-27(13-11-26)15-21-23-18-8-4-5-9-19(18)30-21/h4-5,8-9,16-17H,2-3,6-7,10-15H2,1H3,(H2,24,25,28,29)/t16-,17+/m0/s1. The molecular weight excluding hydrogens is 398 g/mol. The molecule has 1 saturated carbocycles. The average Bonchev–Trinajstić information content (AvgIpc) is 3.13. The summed E-state index contributed by atoms with van der Waals surface area (Å²) in [7, 11) is 0. The summed E-state index contributed by atoms with van der Waals surface area (Å²) < 4.78 is 1.23. The quantitative estimate of drug-likeness (QED) is 0.764. The zero-order valence-corrected chi connectivity index (χ0v) is 18.4. The van der Waals surface area contributed by atoms with Crippen LogP contribution in [0.1, 0.15) is 37.6 Å². The lowest BCUT2D eigenvalue weighted by Gasteiger charge is -2.33. The summed E-state index contributed by atoms with van der Waals surface area (Å²) in [5, 5.41) is 6.62. The van der Waals surface area contributed by atoms with Gasteiger partial charge >= 0.3 is 6.03 Å². The lowest BCUT2D eigenvalue weighted by molar-refractivity contribution is -0.121. The van der Waals surface area contributed by atoms with Gasteiger partial charge in [0.2, 0.25) is 5.91 Å². The van der Waals surface area contributed by atoms with Gasteiger partial charge in [-0.05, 0) is 30.9 Å². The number of nitrogens with zero attached hydrogens (tertiary/aromatic N) is 3. The van der Waals surface area contributed by atoms with Gasteiger partial charge in [0.25, 0.3) is 0 Å². The molecule has 162 valence electrons. The van der Waals surface area contributed by atoms with Crippen LogP contribution in [0.25, 0.3) is 10.2 Å². The number of piperazine rings is 1. The fourth-order valence-corrected chi connectivity index (χ4v) is 5.40. The van der Waals surface area contributed by atoms with Crippen LogP contribution < -0.4 is 10.6 Å². The summed E-state index contributed by atoms with van der Waals surface area (Å²) in [4.78, 5) is 33.6. The molecule has 7 nitrogen and oxygen atoms in total. The van der Waals surface area contributed by atoms with Crippen LogP contribution in [-0.4, -0.2) is 65.5 Å². The molecule has 0 radical (unpaired) electrons. The zero-order valence-electron chi connectivity index (χ0n) is 17.6. The molecular formula is C22H31N5O2S. The van der Waals surface area contributed by atoms with E-state index in [9.17, 15) is 9.59 Å². The fraction of sp³-hybridized carbons (Fsp3) is 0.591. The fourth-order valence-electron chi connectivity index (χ4n) is 4.39. The van der Waals surface area contributed by atoms with Gasteiger partial charge in [-0.15, -0.1) is 11.3 Å². The van der Waals surface area contributed by atoms with E-state index < -0.39 is 0 Å². The molecule has 2 aromatic rings. The van der Waals surface area contributed by atoms with Crippen LogP contribution in [0.2, 0.25) is 0 Å². The van der Waals surface area contributed by atoms with Crippen molar-refractivity contribution in [2.24, 2.45) is 5.92 Å². The molecule has 1 aromatic heterocycles. The van der Waals surface area contributed by atoms with Crippen molar-refractivity contribution in [2.75, 3.05) is 32.7 Å². The van der Waals surface area contributed by atoms with Gasteiger partial charge in [0.1, 0.15) is 5.01 Å². The molecule has 0 unspecified atom stereocenters. The number of imide groups is 1. The van der Waals surface area contributed by atoms with Crippen molar-refractivity contribution in [3.05, 3.63) is 29.3 Å². The van der Waals surface area contributed by atoms with Gasteiger partial charge in [0.05, 0.1) is 23.3 Å². The van der Waals surface area contributed by atoms with Gasteiger partial charge in [-0.1, -0.05) is 31.9 Å². The Morgan fingerprint density at radius 2 is 1.83 bits per heavy atom. The first-order valence-corrected chi connectivity index (χ1v) is 11.8. The second kappa shape index (κ2) is 9.85. The van der Waals surface area contributed by atoms with Crippen molar-refractivity contribution in [3.8, 4) is 0 Å². The molecule has 2 atom stereocenters. The second-order valence-electron chi connectivity index (χ2n) is 8.52. The van der Waals surface area contributed by atoms with Gasteiger partial charge in [-0.25, -0.2) is 9.78 Å². The molecule has 2 aliphatic rings. The van der Waals surface area contributed by atoms with Crippen molar-refractivity contribution in [1.29, 1.82) is 0 Å². The molecule has 0 spiro atoms. The third-order valence-electron chi connectivity index (χ3n) is 6.21. The van der Waals surface area contributed by atoms with Crippen molar-refractivity contribution in [1.82, 2.24) is 25.4 Å². The Bertz CT molecular complexity index is 844. The highest BCUT2D eigenvalue weighted by Crippen LogP contribution is 2.24. The molecule has 1 aliphatic heterocycles. The van der Waals surface area contributed by atoms with Gasteiger partial charge < -0.3 is 5.32 Å². The van der Waals surface area contributed by atoms with Crippen LogP contribution in [0.4, 0.5) is 4.79 Å². The Labute approximate surface area is 181 Å². The number of fused-ring (bicyclic) bond motifs is 1. The number of aromatic nitrogens is 1. The van der Waals surface area contributed by atoms with Crippen molar-refractivity contribution in [3.63, 3.8) is 0 Å². The Kier molecular flexibility index (Phi) is 6.97. The van der Waals surface area contributed by atoms with Crippen LogP contribution in [0.5, 0.6) is 0 Å². The summed E-state index contributed by atoms with van der Waals surface area (Å²) in [5.74, 6) is 0.249. The number of urea groups is 1. The highest BCUT2D eigenvalue weighted by Gasteiger charge is 2.24. The Hall–Kier alpha value is -2.03. The Morgan fingerprint density at radius 1 is 1.10 bits per heavy atom. The van der Waals surface area contributed by atoms with Gasteiger partial charge in [0.15, 0.2) is 0 Å². The van der Waals surface area contributed by atoms with E-state index in [1.165, 1.54) is 11.1 Å². The molecule has 1 aromatic carbocycles. The Balaban J connectivity index is 1.17. The number of nitrogens with one attached hydrogen (secondary N) is 2. The maximum absolute atomic E-state index is 12.3. The Morgan fingerprint density at radius 3 is 2.60 bits per heavy atom. The van der Waals surface area contributed by atoms with E-state index >= 15 is 0 Å². The zero-order chi connectivity index (χ0) is 20.9. The van der Waals surface area contributed by atoms with Crippen molar-refractivity contribution >= 4 is 33.5 Å². The van der Waals surface area contributed by atoms with Crippen LogP contribution in [0, 0.1) is 5.92 Å². The van der Waals surface area contributed by atoms with E-state index in [1.807, 2.05) is 12.1 Å². The van der Waals surface area contributed by atoms with Gasteiger partial charge in [-0.3, -0.25) is 19.9 Å². The van der Waals surface area contributed by atoms with E-state index in [0.717, 1.165) is 62.5 Å². The van der Waals surface area contributed by atoms with Crippen LogP contribution >= 0.6 is 11.3 Å². The lowest BCUT2D eigenvalue weighted by atomic mass is 9.86. The predicted octanol–water partition coefficient (Wildman–Crippen LogP) is 2.82. The van der Waals surface area contributed by atoms with Crippen molar-refractivity contribution < 1.29 is 9.59 Å². The first-order valence-electron chi connectivity index (χ1n) is 11.0. The monoisotopic (exact) mass is 429 g/mol. The molecule has 1 saturated heterocycles. The highest BCUT2D eigenvalue weighted by molar-refractivity contribution is 7.18. The molecule has 0 bridgehead atoms. The summed E-state index contributed by atoms with van der Waals surface area (Å²) in [6.07, 6.45) is 4.51. The van der Waals surface area contributed by atoms with Crippen LogP contribution in [0.3, 0.4) is 0 Å². The summed E-state index contributed by atoms with van der Waals surface area (Å²) >= 11 is 1.75. The highest BCUT2D eigenvalue weighted by atomic mass is 32.1. The molecule has 2 N–H and O–H groups in total. The number of hydrogen-bond donors (Lipinski definition) is 2. The topological polar surface area (TPSA) is 77.6 Å². The number of rotatable bonds is 5. The average molecular weight is 430 g/mol. The molecule has 4 rings (SSSR count). The van der Waals surface area contributed by atoms with E-state index in [1.54, 1.807) is 11.3 Å². The number of carbonyl (C=O) groups is 2. The third-order valence-corrected chi connectivity index (χ3v) is 7.23. The van der Waals surface area contributed by atoms with E-state index in [2.05, 4.69) is 39.5 Å². The van der Waals surface area contributed by atoms with E-state index in [0.29, 0.717) is 5.92 Å². The number of carbonyl (C=O) groups excluding carboxylic acids is 2. The first kappa shape index (κ1) is 21.2. The smallest absolute Gasteiger partial charge is 0.321 e. The van der Waals surface area contributed by atoms with Crippen LogP contribution in [-0.2, 0) is 11.3 Å². The van der Waals surface area contributed by atoms with Gasteiger partial charge in [0, 0.05) is 32.2 Å². The normalized spacial score (nSPS) is 23.4. The molecule has 3 amide bonds. The summed E-state index contributed by atoms with van der Waals surface area (Å²) in [6, 6.07) is 8.05. The minimum atomic E-state index is -0.353. The number of benzene rings is 1. The minimum Gasteiger partial charge on any atom is -0.335 e. The number of thiazole rings is 1. The number of para-hydroxylation sites is 1. The van der Waals surface area contributed by atoms with E-state index in [4.69, 9.17) is 4.98 Å². The third kappa shape index (κ3) is 5.56. The number of amides is 3. The van der Waals surface area contributed by atoms with Gasteiger partial charge in [-0.2, -0.15) is 0 Å². The van der Waals surface area contributed by atoms with E-state index in [-0.39, 0.29) is 24.5 Å². The largest absolute Gasteiger partial charge is 0.335 e. The van der Waals surface area contributed by atoms with Crippen LogP contribution in [0.15, 0.2) is 24.3 Å². The second-order valence-corrected chi connectivity index (χ2v) is 9.63. The maximum atomic E-state index is 12.3. The lowest BCUT2D eigenvalue weighted by Crippen LogP contribution is -2.52. The first-order chi connectivity index (χ1) is 14.6. The SMILES string of the molecule is C[C@H]1CCCC[C@H]1NC(=O)NC(=O)CN1CCN(Cc2nc3ccccc3s2)CC1. The molecule has 1 aliphatic carbocycles. The molecule has 2 fully saturated rings. The molecule has 2 heterocycles.